The molecule has 2 unspecified atom stereocenters. The highest BCUT2D eigenvalue weighted by Gasteiger charge is 2.69. The fraction of sp³-hybridized carbons (Fsp3) is 0.455. The van der Waals surface area contributed by atoms with Crippen LogP contribution in [0.15, 0.2) is 24.3 Å². The molecule has 13 heavy (non-hydrogen) atoms. The van der Waals surface area contributed by atoms with Crippen LogP contribution in [0.25, 0.3) is 0 Å². The Balaban J connectivity index is 2.10. The minimum Gasteiger partial charge on any atom is -0.206 e. The van der Waals surface area contributed by atoms with E-state index in [1.807, 2.05) is 24.3 Å². The number of hydrogen-bond donors (Lipinski definition) is 0. The molecule has 0 bridgehead atoms. The van der Waals surface area contributed by atoms with Crippen molar-refractivity contribution in [1.29, 1.82) is 0 Å². The van der Waals surface area contributed by atoms with Gasteiger partial charge in [0.25, 0.3) is 5.92 Å². The smallest absolute Gasteiger partial charge is 0.206 e. The Labute approximate surface area is 75.6 Å². The first-order valence-electron chi connectivity index (χ1n) is 4.67. The van der Waals surface area contributed by atoms with Crippen LogP contribution in [0.2, 0.25) is 0 Å². The van der Waals surface area contributed by atoms with Crippen LogP contribution >= 0.6 is 0 Å². The monoisotopic (exact) mass is 180 g/mol. The molecule has 68 valence electrons. The highest BCUT2D eigenvalue weighted by Crippen LogP contribution is 2.65. The van der Waals surface area contributed by atoms with Crippen molar-refractivity contribution in [3.8, 4) is 0 Å². The number of aryl methyl sites for hydroxylation is 1. The van der Waals surface area contributed by atoms with Gasteiger partial charge < -0.3 is 0 Å². The Hall–Kier alpha value is -0.920. The topological polar surface area (TPSA) is 0 Å². The van der Waals surface area contributed by atoms with Crippen molar-refractivity contribution in [3.63, 3.8) is 0 Å². The molecule has 2 aliphatic carbocycles. The lowest BCUT2D eigenvalue weighted by molar-refractivity contribution is 0.0931. The van der Waals surface area contributed by atoms with Gasteiger partial charge >= 0.3 is 0 Å². The van der Waals surface area contributed by atoms with E-state index < -0.39 is 11.8 Å². The molecule has 1 fully saturated rings. The summed E-state index contributed by atoms with van der Waals surface area (Å²) in [4.78, 5) is 0. The van der Waals surface area contributed by atoms with Gasteiger partial charge in [-0.15, -0.1) is 0 Å². The van der Waals surface area contributed by atoms with E-state index in [0.29, 0.717) is 6.42 Å². The number of hydrogen-bond acceptors (Lipinski definition) is 0. The molecule has 2 aliphatic rings. The number of halogens is 2. The van der Waals surface area contributed by atoms with Gasteiger partial charge in [-0.05, 0) is 24.0 Å². The molecule has 0 radical (unpaired) electrons. The molecule has 3 rings (SSSR count). The Morgan fingerprint density at radius 2 is 2.00 bits per heavy atom. The minimum absolute atomic E-state index is 0.359. The maximum absolute atomic E-state index is 13.2. The normalized spacial score (nSPS) is 33.4. The Kier molecular flexibility index (Phi) is 1.22. The summed E-state index contributed by atoms with van der Waals surface area (Å²) in [5, 5.41) is 0. The molecule has 0 N–H and O–H groups in total. The van der Waals surface area contributed by atoms with Gasteiger partial charge in [0.05, 0.1) is 5.92 Å². The lowest BCUT2D eigenvalue weighted by atomic mass is 9.92. The molecule has 0 amide bonds. The number of fused-ring (bicyclic) bond motifs is 3. The molecule has 1 aromatic carbocycles. The average Bonchev–Trinajstić information content (AvgIpc) is 2.70. The van der Waals surface area contributed by atoms with E-state index in [2.05, 4.69) is 0 Å². The van der Waals surface area contributed by atoms with Crippen LogP contribution in [0.3, 0.4) is 0 Å². The van der Waals surface area contributed by atoms with Gasteiger partial charge in [-0.1, -0.05) is 24.3 Å². The summed E-state index contributed by atoms with van der Waals surface area (Å²) in [5.74, 6) is -3.23. The van der Waals surface area contributed by atoms with E-state index in [1.54, 1.807) is 0 Å². The Morgan fingerprint density at radius 3 is 2.85 bits per heavy atom. The summed E-state index contributed by atoms with van der Waals surface area (Å²) in [7, 11) is 0. The molecule has 1 saturated carbocycles. The van der Waals surface area contributed by atoms with Crippen LogP contribution in [-0.4, -0.2) is 5.92 Å². The van der Waals surface area contributed by atoms with Gasteiger partial charge in [-0.2, -0.15) is 0 Å². The minimum atomic E-state index is -2.41. The third-order valence-corrected chi connectivity index (χ3v) is 3.32. The van der Waals surface area contributed by atoms with E-state index in [0.717, 1.165) is 17.5 Å². The maximum Gasteiger partial charge on any atom is 0.258 e. The second-order valence-electron chi connectivity index (χ2n) is 4.00. The van der Waals surface area contributed by atoms with E-state index in [1.165, 1.54) is 0 Å². The van der Waals surface area contributed by atoms with Crippen molar-refractivity contribution >= 4 is 0 Å². The Morgan fingerprint density at radius 1 is 1.23 bits per heavy atom. The molecule has 1 aromatic rings. The van der Waals surface area contributed by atoms with E-state index in [-0.39, 0.29) is 5.92 Å². The number of alkyl halides is 2. The largest absolute Gasteiger partial charge is 0.258 e. The zero-order valence-corrected chi connectivity index (χ0v) is 7.13. The zero-order chi connectivity index (χ0) is 9.05. The van der Waals surface area contributed by atoms with Crippen LogP contribution in [0.1, 0.15) is 23.5 Å². The van der Waals surface area contributed by atoms with Crippen LogP contribution in [0.5, 0.6) is 0 Å². The highest BCUT2D eigenvalue weighted by atomic mass is 19.3. The van der Waals surface area contributed by atoms with Gasteiger partial charge in [0.2, 0.25) is 0 Å². The van der Waals surface area contributed by atoms with Gasteiger partial charge in [0.1, 0.15) is 0 Å². The fourth-order valence-corrected chi connectivity index (χ4v) is 2.55. The van der Waals surface area contributed by atoms with E-state index in [9.17, 15) is 8.78 Å². The van der Waals surface area contributed by atoms with Crippen molar-refractivity contribution in [2.24, 2.45) is 5.92 Å². The van der Waals surface area contributed by atoms with Crippen LogP contribution in [-0.2, 0) is 6.42 Å². The molecule has 2 heteroatoms. The van der Waals surface area contributed by atoms with Crippen LogP contribution < -0.4 is 0 Å². The van der Waals surface area contributed by atoms with Gasteiger partial charge in [0.15, 0.2) is 0 Å². The van der Waals surface area contributed by atoms with E-state index >= 15 is 0 Å². The maximum atomic E-state index is 13.2. The fourth-order valence-electron chi connectivity index (χ4n) is 2.55. The first-order valence-corrected chi connectivity index (χ1v) is 4.67. The van der Waals surface area contributed by atoms with Crippen LogP contribution in [0, 0.1) is 5.92 Å². The predicted octanol–water partition coefficient (Wildman–Crippen LogP) is 2.98. The lowest BCUT2D eigenvalue weighted by Gasteiger charge is -2.11. The summed E-state index contributed by atoms with van der Waals surface area (Å²) in [6.45, 7) is 0. The number of benzene rings is 1. The quantitative estimate of drug-likeness (QED) is 0.575. The summed E-state index contributed by atoms with van der Waals surface area (Å²) in [6, 6.07) is 7.61. The van der Waals surface area contributed by atoms with Gasteiger partial charge in [-0.25, -0.2) is 8.78 Å². The standard InChI is InChI=1S/C11H10F2/c12-11(13)9-6-5-7-3-1-2-4-8(7)10(9)11/h1-4,9-10H,5-6H2. The SMILES string of the molecule is FC1(F)C2CCc3ccccc3C21. The molecule has 0 spiro atoms. The number of rotatable bonds is 0. The molecule has 2 atom stereocenters. The Bertz CT molecular complexity index is 357. The third kappa shape index (κ3) is 0.835. The van der Waals surface area contributed by atoms with Gasteiger partial charge in [0, 0.05) is 5.92 Å². The molecule has 0 nitrogen and oxygen atoms in total. The third-order valence-electron chi connectivity index (χ3n) is 3.32. The molecule has 0 heterocycles. The first kappa shape index (κ1) is 7.48. The van der Waals surface area contributed by atoms with Crippen molar-refractivity contribution in [2.75, 3.05) is 0 Å². The molecular weight excluding hydrogens is 170 g/mol. The summed E-state index contributed by atoms with van der Waals surface area (Å²) < 4.78 is 26.4. The van der Waals surface area contributed by atoms with Gasteiger partial charge in [-0.3, -0.25) is 0 Å². The summed E-state index contributed by atoms with van der Waals surface area (Å²) >= 11 is 0. The zero-order valence-electron chi connectivity index (χ0n) is 7.13. The lowest BCUT2D eigenvalue weighted by Crippen LogP contribution is -2.00. The van der Waals surface area contributed by atoms with Crippen LogP contribution in [0.4, 0.5) is 8.78 Å². The molecule has 0 aromatic heterocycles. The second kappa shape index (κ2) is 2.11. The second-order valence-corrected chi connectivity index (χ2v) is 4.00. The summed E-state index contributed by atoms with van der Waals surface area (Å²) in [6.07, 6.45) is 1.49. The van der Waals surface area contributed by atoms with Crippen molar-refractivity contribution in [3.05, 3.63) is 35.4 Å². The van der Waals surface area contributed by atoms with Crippen molar-refractivity contribution in [2.45, 2.75) is 24.7 Å². The van der Waals surface area contributed by atoms with Crippen molar-refractivity contribution < 1.29 is 8.78 Å². The predicted molar refractivity (Wildman–Crippen MR) is 45.9 cm³/mol. The first-order chi connectivity index (χ1) is 6.21. The van der Waals surface area contributed by atoms with E-state index in [4.69, 9.17) is 0 Å². The van der Waals surface area contributed by atoms with Crippen molar-refractivity contribution in [1.82, 2.24) is 0 Å². The molecular formula is C11H10F2. The molecule has 0 aliphatic heterocycles. The summed E-state index contributed by atoms with van der Waals surface area (Å²) in [5.41, 5.74) is 2.02. The highest BCUT2D eigenvalue weighted by molar-refractivity contribution is 5.41. The average molecular weight is 180 g/mol. The molecule has 0 saturated heterocycles.